The van der Waals surface area contributed by atoms with Gasteiger partial charge in [0.1, 0.15) is 5.75 Å². The summed E-state index contributed by atoms with van der Waals surface area (Å²) in [4.78, 5) is 0. The maximum atomic E-state index is 14.5. The molecule has 3 rings (SSSR count). The first-order chi connectivity index (χ1) is 10.5. The largest absolute Gasteiger partial charge is 0.508 e. The third-order valence-electron chi connectivity index (χ3n) is 4.01. The Labute approximate surface area is 142 Å². The van der Waals surface area contributed by atoms with Crippen molar-refractivity contribution >= 4 is 17.0 Å². The number of hydrogen-bond acceptors (Lipinski definition) is 4. The van der Waals surface area contributed by atoms with Crippen molar-refractivity contribution < 1.29 is 24.1 Å². The molecule has 23 heavy (non-hydrogen) atoms. The fourth-order valence-corrected chi connectivity index (χ4v) is 2.89. The lowest BCUT2D eigenvalue weighted by Crippen LogP contribution is -2.21. The van der Waals surface area contributed by atoms with Crippen LogP contribution in [0.15, 0.2) is 24.3 Å². The molecule has 0 radical (unpaired) electrons. The Hall–Kier alpha value is -1.86. The summed E-state index contributed by atoms with van der Waals surface area (Å²) in [6, 6.07) is 6.18. The topological polar surface area (TPSA) is 72.7 Å². The summed E-state index contributed by atoms with van der Waals surface area (Å²) < 4.78 is 28.7. The fourth-order valence-electron chi connectivity index (χ4n) is 2.89. The zero-order chi connectivity index (χ0) is 15.9. The molecule has 7 heteroatoms. The van der Waals surface area contributed by atoms with Gasteiger partial charge in [0.15, 0.2) is 23.1 Å². The van der Waals surface area contributed by atoms with E-state index in [0.717, 1.165) is 0 Å². The SMILES string of the molecule is Br.Oc1ccc(C2CNCCc3c(F)c(O)c(O)c(F)c32)cc1. The van der Waals surface area contributed by atoms with E-state index in [9.17, 15) is 24.1 Å². The second kappa shape index (κ2) is 6.72. The van der Waals surface area contributed by atoms with E-state index in [4.69, 9.17) is 0 Å². The highest BCUT2D eigenvalue weighted by Gasteiger charge is 2.31. The van der Waals surface area contributed by atoms with E-state index in [0.29, 0.717) is 18.7 Å². The summed E-state index contributed by atoms with van der Waals surface area (Å²) in [6.07, 6.45) is 0.209. The van der Waals surface area contributed by atoms with Crippen LogP contribution in [-0.4, -0.2) is 28.4 Å². The van der Waals surface area contributed by atoms with Crippen LogP contribution in [0.3, 0.4) is 0 Å². The molecule has 124 valence electrons. The Morgan fingerprint density at radius 2 is 1.57 bits per heavy atom. The summed E-state index contributed by atoms with van der Waals surface area (Å²) in [7, 11) is 0. The molecule has 0 saturated carbocycles. The molecule has 4 nitrogen and oxygen atoms in total. The van der Waals surface area contributed by atoms with Crippen molar-refractivity contribution in [2.75, 3.05) is 13.1 Å². The van der Waals surface area contributed by atoms with Crippen molar-refractivity contribution in [3.63, 3.8) is 0 Å². The van der Waals surface area contributed by atoms with Crippen molar-refractivity contribution in [2.45, 2.75) is 12.3 Å². The molecule has 2 aromatic rings. The molecule has 0 spiro atoms. The van der Waals surface area contributed by atoms with Gasteiger partial charge in [-0.25, -0.2) is 8.78 Å². The van der Waals surface area contributed by atoms with Crippen LogP contribution in [0.5, 0.6) is 17.2 Å². The van der Waals surface area contributed by atoms with Gasteiger partial charge in [-0.05, 0) is 30.7 Å². The Morgan fingerprint density at radius 1 is 0.957 bits per heavy atom. The van der Waals surface area contributed by atoms with Crippen molar-refractivity contribution in [1.29, 1.82) is 0 Å². The lowest BCUT2D eigenvalue weighted by Gasteiger charge is -2.20. The Kier molecular flexibility index (Phi) is 5.11. The monoisotopic (exact) mass is 387 g/mol. The average molecular weight is 388 g/mol. The third kappa shape index (κ3) is 2.98. The Bertz CT molecular complexity index is 723. The number of phenols is 3. The highest BCUT2D eigenvalue weighted by atomic mass is 79.9. The smallest absolute Gasteiger partial charge is 0.197 e. The summed E-state index contributed by atoms with van der Waals surface area (Å²) in [5, 5.41) is 31.6. The Morgan fingerprint density at radius 3 is 2.22 bits per heavy atom. The number of nitrogens with one attached hydrogen (secondary N) is 1. The normalized spacial score (nSPS) is 17.0. The maximum Gasteiger partial charge on any atom is 0.197 e. The lowest BCUT2D eigenvalue weighted by atomic mass is 9.87. The number of aromatic hydroxyl groups is 3. The molecule has 1 heterocycles. The van der Waals surface area contributed by atoms with E-state index in [1.807, 2.05) is 0 Å². The van der Waals surface area contributed by atoms with Crippen molar-refractivity contribution in [1.82, 2.24) is 5.32 Å². The number of hydrogen-bond donors (Lipinski definition) is 4. The number of halogens is 3. The average Bonchev–Trinajstić information content (AvgIpc) is 2.74. The molecular weight excluding hydrogens is 372 g/mol. The van der Waals surface area contributed by atoms with E-state index in [-0.39, 0.29) is 40.3 Å². The van der Waals surface area contributed by atoms with Gasteiger partial charge >= 0.3 is 0 Å². The van der Waals surface area contributed by atoms with Crippen LogP contribution in [0.1, 0.15) is 22.6 Å². The summed E-state index contributed by atoms with van der Waals surface area (Å²) in [5.41, 5.74) is 0.788. The summed E-state index contributed by atoms with van der Waals surface area (Å²) >= 11 is 0. The van der Waals surface area contributed by atoms with Gasteiger partial charge in [0.2, 0.25) is 0 Å². The minimum Gasteiger partial charge on any atom is -0.508 e. The number of rotatable bonds is 1. The minimum absolute atomic E-state index is 0. The van der Waals surface area contributed by atoms with Gasteiger partial charge in [0.05, 0.1) is 0 Å². The van der Waals surface area contributed by atoms with E-state index < -0.39 is 29.1 Å². The first-order valence-electron chi connectivity index (χ1n) is 6.92. The number of benzene rings is 2. The highest BCUT2D eigenvalue weighted by Crippen LogP contribution is 2.42. The molecule has 0 aromatic heterocycles. The zero-order valence-electron chi connectivity index (χ0n) is 12.0. The van der Waals surface area contributed by atoms with Crippen molar-refractivity contribution in [2.24, 2.45) is 0 Å². The van der Waals surface area contributed by atoms with Crippen LogP contribution >= 0.6 is 17.0 Å². The molecule has 1 aliphatic heterocycles. The van der Waals surface area contributed by atoms with Gasteiger partial charge in [-0.2, -0.15) is 0 Å². The molecule has 4 N–H and O–H groups in total. The predicted octanol–water partition coefficient (Wildman–Crippen LogP) is 2.94. The van der Waals surface area contributed by atoms with Gasteiger partial charge in [0, 0.05) is 23.6 Å². The molecule has 1 aliphatic rings. The molecule has 0 bridgehead atoms. The molecule has 0 saturated heterocycles. The standard InChI is InChI=1S/C16H15F2NO3.BrH/c17-13-10-5-6-19-7-11(8-1-3-9(20)4-2-8)12(10)14(18)16(22)15(13)21;/h1-4,11,19-22H,5-7H2;1H. The first-order valence-corrected chi connectivity index (χ1v) is 6.92. The molecule has 0 amide bonds. The Balaban J connectivity index is 0.00000192. The van der Waals surface area contributed by atoms with E-state index in [1.54, 1.807) is 12.1 Å². The van der Waals surface area contributed by atoms with Gasteiger partial charge < -0.3 is 20.6 Å². The molecular formula is C16H16BrF2NO3. The van der Waals surface area contributed by atoms with E-state index >= 15 is 0 Å². The van der Waals surface area contributed by atoms with Crippen LogP contribution in [0, 0.1) is 11.6 Å². The van der Waals surface area contributed by atoms with Gasteiger partial charge in [-0.3, -0.25) is 0 Å². The lowest BCUT2D eigenvalue weighted by molar-refractivity contribution is 0.353. The van der Waals surface area contributed by atoms with Crippen molar-refractivity contribution in [3.8, 4) is 17.2 Å². The maximum absolute atomic E-state index is 14.5. The van der Waals surface area contributed by atoms with Crippen molar-refractivity contribution in [3.05, 3.63) is 52.6 Å². The molecule has 1 atom stereocenters. The highest BCUT2D eigenvalue weighted by molar-refractivity contribution is 8.93. The number of phenolic OH excluding ortho intramolecular Hbond substituents is 3. The van der Waals surface area contributed by atoms with Gasteiger partial charge in [-0.1, -0.05) is 12.1 Å². The number of fused-ring (bicyclic) bond motifs is 1. The fraction of sp³-hybridized carbons (Fsp3) is 0.250. The summed E-state index contributed by atoms with van der Waals surface area (Å²) in [5.74, 6) is -4.56. The second-order valence-electron chi connectivity index (χ2n) is 5.32. The van der Waals surface area contributed by atoms with Crippen LogP contribution in [-0.2, 0) is 6.42 Å². The van der Waals surface area contributed by atoms with Crippen LogP contribution in [0.2, 0.25) is 0 Å². The van der Waals surface area contributed by atoms with E-state index in [1.165, 1.54) is 12.1 Å². The third-order valence-corrected chi connectivity index (χ3v) is 4.01. The quantitative estimate of drug-likeness (QED) is 0.567. The summed E-state index contributed by atoms with van der Waals surface area (Å²) in [6.45, 7) is 0.792. The van der Waals surface area contributed by atoms with E-state index in [2.05, 4.69) is 5.32 Å². The minimum atomic E-state index is -1.07. The second-order valence-corrected chi connectivity index (χ2v) is 5.32. The molecule has 0 aliphatic carbocycles. The van der Waals surface area contributed by atoms with Crippen LogP contribution < -0.4 is 5.32 Å². The van der Waals surface area contributed by atoms with Gasteiger partial charge in [0.25, 0.3) is 0 Å². The van der Waals surface area contributed by atoms with Crippen LogP contribution in [0.4, 0.5) is 8.78 Å². The molecule has 1 unspecified atom stereocenters. The van der Waals surface area contributed by atoms with Gasteiger partial charge in [-0.15, -0.1) is 17.0 Å². The predicted molar refractivity (Wildman–Crippen MR) is 86.5 cm³/mol. The first kappa shape index (κ1) is 17.5. The van der Waals surface area contributed by atoms with Crippen LogP contribution in [0.25, 0.3) is 0 Å². The molecule has 0 fully saturated rings. The zero-order valence-corrected chi connectivity index (χ0v) is 13.7. The molecule has 2 aromatic carbocycles.